The number of nitrogens with one attached hydrogen (secondary N) is 3. The number of carboxylic acid groups (broad SMARTS) is 1. The van der Waals surface area contributed by atoms with Crippen LogP contribution in [-0.2, 0) is 11.2 Å². The molecule has 0 bridgehead atoms. The smallest absolute Gasteiger partial charge is 0.328 e. The van der Waals surface area contributed by atoms with Gasteiger partial charge in [-0.3, -0.25) is 4.79 Å². The van der Waals surface area contributed by atoms with Gasteiger partial charge in [0.05, 0.1) is 33.9 Å². The first-order valence-corrected chi connectivity index (χ1v) is 14.0. The summed E-state index contributed by atoms with van der Waals surface area (Å²) in [5.74, 6) is -1.77. The van der Waals surface area contributed by atoms with Crippen molar-refractivity contribution in [1.82, 2.24) is 16.0 Å². The van der Waals surface area contributed by atoms with Gasteiger partial charge in [-0.2, -0.15) is 0 Å². The van der Waals surface area contributed by atoms with Crippen LogP contribution >= 0.6 is 34.8 Å². The Morgan fingerprint density at radius 2 is 1.70 bits per heavy atom. The first kappa shape index (κ1) is 28.1. The highest BCUT2D eigenvalue weighted by Crippen LogP contribution is 2.39. The number of carbonyl (C=O) groups is 3. The summed E-state index contributed by atoms with van der Waals surface area (Å²) in [4.78, 5) is 39.6. The number of hydrogen-bond donors (Lipinski definition) is 4. The SMILES string of the molecule is O=C(NCC(NC(=O)c1c(Cl)ccc(N2CC(c3ccc(Cl)cc3)C2)c1Cl)C(=O)O)NC1CCc2ccccc21. The van der Waals surface area contributed by atoms with Crippen molar-refractivity contribution in [3.63, 3.8) is 0 Å². The van der Waals surface area contributed by atoms with Gasteiger partial charge >= 0.3 is 12.0 Å². The molecule has 4 N–H and O–H groups in total. The standard InChI is InChI=1S/C29H27Cl3N4O4/c30-19-8-5-16(6-9-19)18-14-36(15-18)24-12-10-21(31)25(26(24)32)27(37)34-23(28(38)39)13-33-29(40)35-22-11-7-17-3-1-2-4-20(17)22/h1-6,8-10,12,18,22-23H,7,11,13-15H2,(H,34,37)(H,38,39)(H2,33,35,40). The zero-order valence-electron chi connectivity index (χ0n) is 21.3. The van der Waals surface area contributed by atoms with Gasteiger partial charge in [-0.25, -0.2) is 9.59 Å². The van der Waals surface area contributed by atoms with Crippen LogP contribution in [0.4, 0.5) is 10.5 Å². The number of aryl methyl sites for hydroxylation is 1. The molecule has 1 saturated heterocycles. The number of amides is 3. The molecule has 2 unspecified atom stereocenters. The third-order valence-electron chi connectivity index (χ3n) is 7.37. The number of carbonyl (C=O) groups excluding carboxylic acids is 2. The minimum absolute atomic E-state index is 0.0194. The fourth-order valence-electron chi connectivity index (χ4n) is 5.16. The van der Waals surface area contributed by atoms with Crippen LogP contribution in [0.25, 0.3) is 0 Å². The highest BCUT2D eigenvalue weighted by atomic mass is 35.5. The Labute approximate surface area is 246 Å². The fraction of sp³-hybridized carbons (Fsp3) is 0.276. The molecule has 8 nitrogen and oxygen atoms in total. The zero-order valence-corrected chi connectivity index (χ0v) is 23.6. The maximum atomic E-state index is 13.2. The topological polar surface area (TPSA) is 111 Å². The molecular weight excluding hydrogens is 575 g/mol. The van der Waals surface area contributed by atoms with Crippen LogP contribution in [0.5, 0.6) is 0 Å². The number of halogens is 3. The van der Waals surface area contributed by atoms with Crippen molar-refractivity contribution >= 4 is 58.4 Å². The highest BCUT2D eigenvalue weighted by Gasteiger charge is 2.32. The van der Waals surface area contributed by atoms with E-state index in [1.165, 1.54) is 5.56 Å². The second-order valence-electron chi connectivity index (χ2n) is 9.92. The Morgan fingerprint density at radius 1 is 0.975 bits per heavy atom. The lowest BCUT2D eigenvalue weighted by Gasteiger charge is -2.42. The van der Waals surface area contributed by atoms with E-state index in [0.29, 0.717) is 23.8 Å². The molecule has 0 radical (unpaired) electrons. The average Bonchev–Trinajstić information content (AvgIpc) is 3.30. The summed E-state index contributed by atoms with van der Waals surface area (Å²) >= 11 is 18.9. The van der Waals surface area contributed by atoms with Crippen molar-refractivity contribution < 1.29 is 19.5 Å². The largest absolute Gasteiger partial charge is 0.480 e. The van der Waals surface area contributed by atoms with E-state index < -0.39 is 23.9 Å². The van der Waals surface area contributed by atoms with Crippen molar-refractivity contribution in [2.45, 2.75) is 30.8 Å². The molecule has 11 heteroatoms. The van der Waals surface area contributed by atoms with E-state index in [2.05, 4.69) is 16.0 Å². The number of fused-ring (bicyclic) bond motifs is 1. The summed E-state index contributed by atoms with van der Waals surface area (Å²) in [5.41, 5.74) is 3.99. The number of rotatable bonds is 8. The normalized spacial score (nSPS) is 17.0. The molecule has 3 aromatic carbocycles. The molecule has 1 heterocycles. The predicted molar refractivity (Wildman–Crippen MR) is 156 cm³/mol. The summed E-state index contributed by atoms with van der Waals surface area (Å²) in [7, 11) is 0. The van der Waals surface area contributed by atoms with Gasteiger partial charge in [-0.15, -0.1) is 0 Å². The molecule has 208 valence electrons. The number of carboxylic acids is 1. The molecular formula is C29H27Cl3N4O4. The van der Waals surface area contributed by atoms with Gasteiger partial charge in [0.1, 0.15) is 6.04 Å². The Bertz CT molecular complexity index is 1440. The van der Waals surface area contributed by atoms with Gasteiger partial charge in [0, 0.05) is 24.0 Å². The van der Waals surface area contributed by atoms with Crippen LogP contribution < -0.4 is 20.9 Å². The van der Waals surface area contributed by atoms with E-state index in [1.54, 1.807) is 12.1 Å². The predicted octanol–water partition coefficient (Wildman–Crippen LogP) is 5.42. The summed E-state index contributed by atoms with van der Waals surface area (Å²) in [6.45, 7) is 1.05. The van der Waals surface area contributed by atoms with E-state index in [-0.39, 0.29) is 34.1 Å². The number of benzene rings is 3. The number of anilines is 1. The molecule has 0 spiro atoms. The molecule has 0 aromatic heterocycles. The first-order valence-electron chi connectivity index (χ1n) is 12.9. The lowest BCUT2D eigenvalue weighted by molar-refractivity contribution is -0.139. The number of urea groups is 1. The zero-order chi connectivity index (χ0) is 28.4. The lowest BCUT2D eigenvalue weighted by Crippen LogP contribution is -2.50. The van der Waals surface area contributed by atoms with Crippen LogP contribution in [0.2, 0.25) is 15.1 Å². The Morgan fingerprint density at radius 3 is 2.42 bits per heavy atom. The number of hydrogen-bond acceptors (Lipinski definition) is 4. The van der Waals surface area contributed by atoms with Crippen LogP contribution in [0.15, 0.2) is 60.7 Å². The Hall–Kier alpha value is -3.46. The second-order valence-corrected chi connectivity index (χ2v) is 11.1. The molecule has 1 fully saturated rings. The molecule has 3 amide bonds. The monoisotopic (exact) mass is 600 g/mol. The summed E-state index contributed by atoms with van der Waals surface area (Å²) in [5, 5.41) is 18.5. The van der Waals surface area contributed by atoms with E-state index in [0.717, 1.165) is 24.0 Å². The van der Waals surface area contributed by atoms with Gasteiger partial charge < -0.3 is 26.0 Å². The van der Waals surface area contributed by atoms with Crippen molar-refractivity contribution in [2.24, 2.45) is 0 Å². The third kappa shape index (κ3) is 5.99. The highest BCUT2D eigenvalue weighted by molar-refractivity contribution is 6.41. The van der Waals surface area contributed by atoms with E-state index in [4.69, 9.17) is 34.8 Å². The molecule has 0 saturated carbocycles. The first-order chi connectivity index (χ1) is 19.2. The number of nitrogens with zero attached hydrogens (tertiary/aromatic N) is 1. The van der Waals surface area contributed by atoms with Gasteiger partial charge in [-0.05, 0) is 53.8 Å². The molecule has 2 atom stereocenters. The quantitative estimate of drug-likeness (QED) is 0.276. The maximum absolute atomic E-state index is 13.2. The average molecular weight is 602 g/mol. The second kappa shape index (κ2) is 12.0. The van der Waals surface area contributed by atoms with Crippen LogP contribution in [0.3, 0.4) is 0 Å². The third-order valence-corrected chi connectivity index (χ3v) is 8.32. The fourth-order valence-corrected chi connectivity index (χ4v) is 5.94. The Kier molecular flexibility index (Phi) is 8.40. The van der Waals surface area contributed by atoms with Crippen LogP contribution in [-0.4, -0.2) is 48.7 Å². The number of aliphatic carboxylic acids is 1. The van der Waals surface area contributed by atoms with Crippen molar-refractivity contribution in [3.8, 4) is 0 Å². The van der Waals surface area contributed by atoms with Gasteiger partial charge in [0.15, 0.2) is 0 Å². The molecule has 40 heavy (non-hydrogen) atoms. The molecule has 1 aliphatic carbocycles. The van der Waals surface area contributed by atoms with E-state index in [1.807, 2.05) is 53.4 Å². The van der Waals surface area contributed by atoms with Crippen LogP contribution in [0.1, 0.15) is 45.4 Å². The lowest BCUT2D eigenvalue weighted by atomic mass is 9.91. The molecule has 3 aromatic rings. The van der Waals surface area contributed by atoms with Gasteiger partial charge in [-0.1, -0.05) is 71.2 Å². The summed E-state index contributed by atoms with van der Waals surface area (Å²) < 4.78 is 0. The van der Waals surface area contributed by atoms with Gasteiger partial charge in [0.25, 0.3) is 5.91 Å². The molecule has 2 aliphatic rings. The van der Waals surface area contributed by atoms with Gasteiger partial charge in [0.2, 0.25) is 0 Å². The minimum Gasteiger partial charge on any atom is -0.480 e. The minimum atomic E-state index is -1.40. The van der Waals surface area contributed by atoms with Crippen molar-refractivity contribution in [2.75, 3.05) is 24.5 Å². The maximum Gasteiger partial charge on any atom is 0.328 e. The van der Waals surface area contributed by atoms with Crippen molar-refractivity contribution in [3.05, 3.63) is 98.0 Å². The van der Waals surface area contributed by atoms with Crippen molar-refractivity contribution in [1.29, 1.82) is 0 Å². The van der Waals surface area contributed by atoms with E-state index >= 15 is 0 Å². The summed E-state index contributed by atoms with van der Waals surface area (Å²) in [6, 6.07) is 16.8. The van der Waals surface area contributed by atoms with Crippen LogP contribution in [0, 0.1) is 0 Å². The summed E-state index contributed by atoms with van der Waals surface area (Å²) in [6.07, 6.45) is 1.62. The Balaban J connectivity index is 1.20. The molecule has 1 aliphatic heterocycles. The molecule has 5 rings (SSSR count). The van der Waals surface area contributed by atoms with E-state index in [9.17, 15) is 19.5 Å².